The predicted octanol–water partition coefficient (Wildman–Crippen LogP) is 4.59. The highest BCUT2D eigenvalue weighted by atomic mass is 16.7. The second-order valence-electron chi connectivity index (χ2n) is 8.11. The summed E-state index contributed by atoms with van der Waals surface area (Å²) in [5, 5.41) is 12.0. The highest BCUT2D eigenvalue weighted by Gasteiger charge is 2.25. The minimum atomic E-state index is -0.991. The van der Waals surface area contributed by atoms with E-state index in [2.05, 4.69) is 26.1 Å². The van der Waals surface area contributed by atoms with Gasteiger partial charge < -0.3 is 19.9 Å². The number of alkyl carbamates (subject to hydrolysis) is 1. The molecule has 0 aromatic carbocycles. The molecule has 7 nitrogen and oxygen atoms in total. The van der Waals surface area contributed by atoms with Gasteiger partial charge in [0.05, 0.1) is 5.92 Å². The fraction of sp³-hybridized carbons (Fsp3) is 0.857. The molecule has 0 saturated carbocycles. The lowest BCUT2D eigenvalue weighted by molar-refractivity contribution is -0.174. The van der Waals surface area contributed by atoms with E-state index in [0.717, 1.165) is 25.7 Å². The molecule has 28 heavy (non-hydrogen) atoms. The van der Waals surface area contributed by atoms with Gasteiger partial charge in [-0.15, -0.1) is 0 Å². The number of aliphatic carboxylic acids is 1. The van der Waals surface area contributed by atoms with Crippen molar-refractivity contribution in [3.8, 4) is 0 Å². The van der Waals surface area contributed by atoms with E-state index in [1.807, 2.05) is 0 Å². The Labute approximate surface area is 169 Å². The third-order valence-electron chi connectivity index (χ3n) is 4.73. The van der Waals surface area contributed by atoms with Crippen LogP contribution < -0.4 is 5.32 Å². The SMILES string of the molecule is CCC(=O)O[C@@H](OC(=O)NC[C@H](C[C@@H](CC)CCCC(C)C)C(=O)O)C(C)C. The van der Waals surface area contributed by atoms with Crippen LogP contribution in [0.5, 0.6) is 0 Å². The number of esters is 1. The summed E-state index contributed by atoms with van der Waals surface area (Å²) >= 11 is 0. The Hall–Kier alpha value is -1.79. The molecular weight excluding hydrogens is 362 g/mol. The summed E-state index contributed by atoms with van der Waals surface area (Å²) in [6, 6.07) is 0. The van der Waals surface area contributed by atoms with Gasteiger partial charge in [-0.2, -0.15) is 0 Å². The quantitative estimate of drug-likeness (QED) is 0.326. The zero-order valence-electron chi connectivity index (χ0n) is 18.3. The van der Waals surface area contributed by atoms with Gasteiger partial charge >= 0.3 is 18.0 Å². The average molecular weight is 402 g/mol. The van der Waals surface area contributed by atoms with Crippen molar-refractivity contribution in [2.45, 2.75) is 86.4 Å². The summed E-state index contributed by atoms with van der Waals surface area (Å²) in [6.45, 7) is 11.6. The van der Waals surface area contributed by atoms with Gasteiger partial charge in [0.15, 0.2) is 0 Å². The van der Waals surface area contributed by atoms with Crippen LogP contribution in [0.2, 0.25) is 0 Å². The van der Waals surface area contributed by atoms with Crippen LogP contribution in [-0.2, 0) is 19.1 Å². The van der Waals surface area contributed by atoms with Crippen molar-refractivity contribution in [1.82, 2.24) is 5.32 Å². The molecule has 0 aliphatic carbocycles. The summed E-state index contributed by atoms with van der Waals surface area (Å²) in [4.78, 5) is 35.1. The van der Waals surface area contributed by atoms with Gasteiger partial charge in [0.25, 0.3) is 6.29 Å². The van der Waals surface area contributed by atoms with Crippen LogP contribution in [0.4, 0.5) is 4.79 Å². The number of hydrogen-bond acceptors (Lipinski definition) is 5. The molecule has 0 rings (SSSR count). The Balaban J connectivity index is 4.60. The molecule has 7 heteroatoms. The van der Waals surface area contributed by atoms with Crippen LogP contribution in [0, 0.1) is 23.7 Å². The average Bonchev–Trinajstić information content (AvgIpc) is 2.62. The lowest BCUT2D eigenvalue weighted by atomic mass is 9.87. The first-order valence-corrected chi connectivity index (χ1v) is 10.5. The number of rotatable bonds is 14. The number of carboxylic acids is 1. The number of carboxylic acid groups (broad SMARTS) is 1. The minimum absolute atomic E-state index is 0.0125. The largest absolute Gasteiger partial charge is 0.481 e. The number of ether oxygens (including phenoxy) is 2. The molecule has 0 unspecified atom stereocenters. The van der Waals surface area contributed by atoms with Gasteiger partial charge in [-0.1, -0.05) is 67.2 Å². The molecule has 3 atom stereocenters. The van der Waals surface area contributed by atoms with E-state index >= 15 is 0 Å². The van der Waals surface area contributed by atoms with Crippen molar-refractivity contribution in [1.29, 1.82) is 0 Å². The van der Waals surface area contributed by atoms with Crippen molar-refractivity contribution in [2.24, 2.45) is 23.7 Å². The molecule has 0 fully saturated rings. The molecule has 0 saturated heterocycles. The third kappa shape index (κ3) is 11.8. The van der Waals surface area contributed by atoms with Gasteiger partial charge in [0.2, 0.25) is 0 Å². The van der Waals surface area contributed by atoms with E-state index < -0.39 is 30.2 Å². The zero-order chi connectivity index (χ0) is 21.7. The van der Waals surface area contributed by atoms with Crippen LogP contribution in [0.1, 0.15) is 80.1 Å². The molecule has 0 heterocycles. The van der Waals surface area contributed by atoms with E-state index in [1.165, 1.54) is 0 Å². The summed E-state index contributed by atoms with van der Waals surface area (Å²) in [7, 11) is 0. The minimum Gasteiger partial charge on any atom is -0.481 e. The Kier molecular flexibility index (Phi) is 13.3. The summed E-state index contributed by atoms with van der Waals surface area (Å²) in [6.07, 6.45) is 3.05. The van der Waals surface area contributed by atoms with E-state index in [4.69, 9.17) is 9.47 Å². The molecule has 2 N–H and O–H groups in total. The topological polar surface area (TPSA) is 102 Å². The number of carbonyl (C=O) groups is 3. The van der Waals surface area contributed by atoms with Gasteiger partial charge in [0.1, 0.15) is 0 Å². The van der Waals surface area contributed by atoms with Crippen molar-refractivity contribution < 1.29 is 29.0 Å². The summed E-state index contributed by atoms with van der Waals surface area (Å²) < 4.78 is 10.2. The number of hydrogen-bond donors (Lipinski definition) is 2. The normalized spacial score (nSPS) is 14.4. The van der Waals surface area contributed by atoms with Crippen LogP contribution >= 0.6 is 0 Å². The van der Waals surface area contributed by atoms with Crippen molar-refractivity contribution in [2.75, 3.05) is 6.54 Å². The first kappa shape index (κ1) is 26.2. The number of carbonyl (C=O) groups excluding carboxylic acids is 2. The Morgan fingerprint density at radius 3 is 2.11 bits per heavy atom. The van der Waals surface area contributed by atoms with Crippen molar-refractivity contribution in [3.05, 3.63) is 0 Å². The number of amides is 1. The maximum Gasteiger partial charge on any atom is 0.410 e. The van der Waals surface area contributed by atoms with E-state index in [0.29, 0.717) is 18.3 Å². The molecule has 164 valence electrons. The van der Waals surface area contributed by atoms with Gasteiger partial charge in [-0.25, -0.2) is 4.79 Å². The molecule has 0 bridgehead atoms. The van der Waals surface area contributed by atoms with E-state index in [-0.39, 0.29) is 18.9 Å². The third-order valence-corrected chi connectivity index (χ3v) is 4.73. The summed E-state index contributed by atoms with van der Waals surface area (Å²) in [5.74, 6) is -1.32. The Morgan fingerprint density at radius 1 is 1.00 bits per heavy atom. The number of nitrogens with one attached hydrogen (secondary N) is 1. The smallest absolute Gasteiger partial charge is 0.410 e. The molecule has 0 aromatic rings. The van der Waals surface area contributed by atoms with Gasteiger partial charge in [-0.05, 0) is 18.3 Å². The molecule has 0 aromatic heterocycles. The maximum absolute atomic E-state index is 12.0. The Bertz CT molecular complexity index is 478. The van der Waals surface area contributed by atoms with Gasteiger partial charge in [0, 0.05) is 18.9 Å². The fourth-order valence-electron chi connectivity index (χ4n) is 2.84. The molecule has 0 radical (unpaired) electrons. The molecule has 0 aliphatic heterocycles. The van der Waals surface area contributed by atoms with Crippen LogP contribution in [-0.4, -0.2) is 36.0 Å². The Morgan fingerprint density at radius 2 is 1.64 bits per heavy atom. The zero-order valence-corrected chi connectivity index (χ0v) is 18.3. The molecule has 0 aliphatic rings. The van der Waals surface area contributed by atoms with Crippen LogP contribution in [0.15, 0.2) is 0 Å². The van der Waals surface area contributed by atoms with Crippen LogP contribution in [0.3, 0.4) is 0 Å². The van der Waals surface area contributed by atoms with Crippen molar-refractivity contribution in [3.63, 3.8) is 0 Å². The van der Waals surface area contributed by atoms with Crippen molar-refractivity contribution >= 4 is 18.0 Å². The second kappa shape index (κ2) is 14.2. The lowest BCUT2D eigenvalue weighted by Crippen LogP contribution is -2.38. The monoisotopic (exact) mass is 401 g/mol. The van der Waals surface area contributed by atoms with E-state index in [1.54, 1.807) is 20.8 Å². The highest BCUT2D eigenvalue weighted by Crippen LogP contribution is 2.23. The lowest BCUT2D eigenvalue weighted by Gasteiger charge is -2.23. The fourth-order valence-corrected chi connectivity index (χ4v) is 2.84. The molecule has 0 spiro atoms. The van der Waals surface area contributed by atoms with E-state index in [9.17, 15) is 19.5 Å². The molecular formula is C21H39NO6. The highest BCUT2D eigenvalue weighted by molar-refractivity contribution is 5.73. The first-order chi connectivity index (χ1) is 13.1. The second-order valence-corrected chi connectivity index (χ2v) is 8.11. The van der Waals surface area contributed by atoms with Gasteiger partial charge in [-0.3, -0.25) is 9.59 Å². The maximum atomic E-state index is 12.0. The first-order valence-electron chi connectivity index (χ1n) is 10.5. The predicted molar refractivity (Wildman–Crippen MR) is 108 cm³/mol. The molecule has 1 amide bonds. The van der Waals surface area contributed by atoms with Crippen LogP contribution in [0.25, 0.3) is 0 Å². The summed E-state index contributed by atoms with van der Waals surface area (Å²) in [5.41, 5.74) is 0. The standard InChI is InChI=1S/C21H39NO6/c1-7-16(11-9-10-14(3)4)12-17(19(24)25)13-22-21(26)28-20(15(5)6)27-18(23)8-2/h14-17,20H,7-13H2,1-6H3,(H,22,26)(H,24,25)/t16-,17-,20-/m0/s1.